The van der Waals surface area contributed by atoms with Gasteiger partial charge in [-0.1, -0.05) is 6.07 Å². The van der Waals surface area contributed by atoms with Gasteiger partial charge in [0.2, 0.25) is 0 Å². The number of hydrogen-bond donors (Lipinski definition) is 1. The minimum absolute atomic E-state index is 0.0565. The minimum Gasteiger partial charge on any atom is -0.496 e. The summed E-state index contributed by atoms with van der Waals surface area (Å²) in [5.74, 6) is 1.01. The molecule has 3 nitrogen and oxygen atoms in total. The van der Waals surface area contributed by atoms with Gasteiger partial charge in [0.05, 0.1) is 7.11 Å². The van der Waals surface area contributed by atoms with E-state index >= 15 is 0 Å². The van der Waals surface area contributed by atoms with Crippen molar-refractivity contribution in [3.05, 3.63) is 29.6 Å². The molecule has 1 saturated heterocycles. The molecule has 1 N–H and O–H groups in total. The summed E-state index contributed by atoms with van der Waals surface area (Å²) < 4.78 is 24.5. The fourth-order valence-corrected chi connectivity index (χ4v) is 2.51. The summed E-state index contributed by atoms with van der Waals surface area (Å²) in [5.41, 5.74) is 0.608. The molecular formula is C15H22FNO2. The lowest BCUT2D eigenvalue weighted by Gasteiger charge is -2.25. The van der Waals surface area contributed by atoms with Crippen LogP contribution < -0.4 is 10.1 Å². The van der Waals surface area contributed by atoms with E-state index in [1.165, 1.54) is 6.07 Å². The number of benzene rings is 1. The van der Waals surface area contributed by atoms with Crippen molar-refractivity contribution >= 4 is 0 Å². The van der Waals surface area contributed by atoms with Gasteiger partial charge in [-0.15, -0.1) is 0 Å². The van der Waals surface area contributed by atoms with Crippen LogP contribution in [0.25, 0.3) is 0 Å². The van der Waals surface area contributed by atoms with Gasteiger partial charge in [0.15, 0.2) is 0 Å². The number of halogens is 1. The van der Waals surface area contributed by atoms with Gasteiger partial charge in [-0.05, 0) is 44.4 Å². The summed E-state index contributed by atoms with van der Waals surface area (Å²) in [7, 11) is 1.57. The molecule has 0 bridgehead atoms. The van der Waals surface area contributed by atoms with Crippen LogP contribution in [0.1, 0.15) is 31.4 Å². The van der Waals surface area contributed by atoms with Gasteiger partial charge in [-0.25, -0.2) is 4.39 Å². The van der Waals surface area contributed by atoms with Crippen LogP contribution in [0.3, 0.4) is 0 Å². The highest BCUT2D eigenvalue weighted by molar-refractivity contribution is 5.36. The SMILES string of the molecule is COc1cccc(F)c1C(C)NCC1CCOCC1. The molecule has 1 heterocycles. The van der Waals surface area contributed by atoms with Gasteiger partial charge in [0.1, 0.15) is 11.6 Å². The number of ether oxygens (including phenoxy) is 2. The van der Waals surface area contributed by atoms with Crippen molar-refractivity contribution in [1.82, 2.24) is 5.32 Å². The monoisotopic (exact) mass is 267 g/mol. The van der Waals surface area contributed by atoms with E-state index in [0.717, 1.165) is 32.6 Å². The minimum atomic E-state index is -0.216. The van der Waals surface area contributed by atoms with E-state index in [0.29, 0.717) is 17.2 Å². The Morgan fingerprint density at radius 3 is 2.84 bits per heavy atom. The lowest BCUT2D eigenvalue weighted by atomic mass is 9.99. The third kappa shape index (κ3) is 3.67. The van der Waals surface area contributed by atoms with Crippen LogP contribution in [0.5, 0.6) is 5.75 Å². The molecule has 1 aliphatic rings. The Kier molecular flexibility index (Phi) is 5.16. The molecule has 0 spiro atoms. The lowest BCUT2D eigenvalue weighted by molar-refractivity contribution is 0.0655. The quantitative estimate of drug-likeness (QED) is 0.889. The standard InChI is InChI=1S/C15H22FNO2/c1-11(17-10-12-6-8-19-9-7-12)15-13(16)4-3-5-14(15)18-2/h3-5,11-12,17H,6-10H2,1-2H3. The van der Waals surface area contributed by atoms with Gasteiger partial charge in [0, 0.05) is 24.8 Å². The Morgan fingerprint density at radius 1 is 1.42 bits per heavy atom. The number of rotatable bonds is 5. The van der Waals surface area contributed by atoms with Crippen molar-refractivity contribution in [1.29, 1.82) is 0 Å². The molecule has 1 aromatic rings. The van der Waals surface area contributed by atoms with Gasteiger partial charge in [-0.3, -0.25) is 0 Å². The average Bonchev–Trinajstić information content (AvgIpc) is 2.45. The topological polar surface area (TPSA) is 30.5 Å². The molecule has 0 radical (unpaired) electrons. The first-order valence-corrected chi connectivity index (χ1v) is 6.86. The largest absolute Gasteiger partial charge is 0.496 e. The summed E-state index contributed by atoms with van der Waals surface area (Å²) in [4.78, 5) is 0. The lowest BCUT2D eigenvalue weighted by Crippen LogP contribution is -2.30. The molecule has 1 atom stereocenters. The van der Waals surface area contributed by atoms with E-state index in [2.05, 4.69) is 5.32 Å². The van der Waals surface area contributed by atoms with E-state index in [-0.39, 0.29) is 11.9 Å². The molecule has 4 heteroatoms. The molecule has 19 heavy (non-hydrogen) atoms. The Morgan fingerprint density at radius 2 is 2.16 bits per heavy atom. The molecular weight excluding hydrogens is 245 g/mol. The highest BCUT2D eigenvalue weighted by Crippen LogP contribution is 2.28. The molecule has 0 saturated carbocycles. The second-order valence-corrected chi connectivity index (χ2v) is 5.04. The third-order valence-electron chi connectivity index (χ3n) is 3.72. The van der Waals surface area contributed by atoms with Crippen LogP contribution in [0.15, 0.2) is 18.2 Å². The van der Waals surface area contributed by atoms with Crippen molar-refractivity contribution in [2.24, 2.45) is 5.92 Å². The molecule has 2 rings (SSSR count). The molecule has 106 valence electrons. The average molecular weight is 267 g/mol. The summed E-state index contributed by atoms with van der Waals surface area (Å²) in [6.45, 7) is 4.54. The zero-order valence-corrected chi connectivity index (χ0v) is 11.6. The van der Waals surface area contributed by atoms with Gasteiger partial charge in [0.25, 0.3) is 0 Å². The van der Waals surface area contributed by atoms with Gasteiger partial charge < -0.3 is 14.8 Å². The van der Waals surface area contributed by atoms with E-state index in [4.69, 9.17) is 9.47 Å². The Balaban J connectivity index is 1.97. The van der Waals surface area contributed by atoms with Gasteiger partial charge >= 0.3 is 0 Å². The van der Waals surface area contributed by atoms with Crippen molar-refractivity contribution in [3.8, 4) is 5.75 Å². The Bertz CT molecular complexity index is 405. The molecule has 0 aliphatic carbocycles. The number of methoxy groups -OCH3 is 1. The first-order valence-electron chi connectivity index (χ1n) is 6.86. The fraction of sp³-hybridized carbons (Fsp3) is 0.600. The first-order chi connectivity index (χ1) is 9.22. The zero-order chi connectivity index (χ0) is 13.7. The van der Waals surface area contributed by atoms with Gasteiger partial charge in [-0.2, -0.15) is 0 Å². The molecule has 0 aromatic heterocycles. The fourth-order valence-electron chi connectivity index (χ4n) is 2.51. The van der Waals surface area contributed by atoms with E-state index in [9.17, 15) is 4.39 Å². The van der Waals surface area contributed by atoms with Crippen LogP contribution >= 0.6 is 0 Å². The maximum Gasteiger partial charge on any atom is 0.131 e. The van der Waals surface area contributed by atoms with Crippen molar-refractivity contribution < 1.29 is 13.9 Å². The summed E-state index contributed by atoms with van der Waals surface area (Å²) in [6, 6.07) is 4.89. The smallest absolute Gasteiger partial charge is 0.131 e. The van der Waals surface area contributed by atoms with Crippen LogP contribution in [0, 0.1) is 11.7 Å². The number of hydrogen-bond acceptors (Lipinski definition) is 3. The van der Waals surface area contributed by atoms with Crippen LogP contribution in [0.4, 0.5) is 4.39 Å². The predicted molar refractivity (Wildman–Crippen MR) is 72.9 cm³/mol. The maximum atomic E-state index is 13.9. The molecule has 1 fully saturated rings. The molecule has 0 amide bonds. The van der Waals surface area contributed by atoms with Crippen LogP contribution in [-0.2, 0) is 4.74 Å². The molecule has 1 unspecified atom stereocenters. The highest BCUT2D eigenvalue weighted by atomic mass is 19.1. The predicted octanol–water partition coefficient (Wildman–Crippen LogP) is 2.91. The maximum absolute atomic E-state index is 13.9. The van der Waals surface area contributed by atoms with E-state index in [1.807, 2.05) is 6.92 Å². The Hall–Kier alpha value is -1.13. The summed E-state index contributed by atoms with van der Waals surface area (Å²) >= 11 is 0. The summed E-state index contributed by atoms with van der Waals surface area (Å²) in [5, 5.41) is 3.41. The van der Waals surface area contributed by atoms with Crippen LogP contribution in [0.2, 0.25) is 0 Å². The van der Waals surface area contributed by atoms with Crippen molar-refractivity contribution in [2.75, 3.05) is 26.9 Å². The molecule has 1 aliphatic heterocycles. The van der Waals surface area contributed by atoms with E-state index in [1.54, 1.807) is 19.2 Å². The first kappa shape index (κ1) is 14.3. The summed E-state index contributed by atoms with van der Waals surface area (Å²) in [6.07, 6.45) is 2.16. The third-order valence-corrected chi connectivity index (χ3v) is 3.72. The van der Waals surface area contributed by atoms with Crippen LogP contribution in [-0.4, -0.2) is 26.9 Å². The normalized spacial score (nSPS) is 18.3. The Labute approximate surface area is 114 Å². The second kappa shape index (κ2) is 6.87. The zero-order valence-electron chi connectivity index (χ0n) is 11.6. The number of nitrogens with one attached hydrogen (secondary N) is 1. The van der Waals surface area contributed by atoms with E-state index < -0.39 is 0 Å². The second-order valence-electron chi connectivity index (χ2n) is 5.04. The van der Waals surface area contributed by atoms with Crippen molar-refractivity contribution in [3.63, 3.8) is 0 Å². The highest BCUT2D eigenvalue weighted by Gasteiger charge is 2.19. The molecule has 1 aromatic carbocycles. The van der Waals surface area contributed by atoms with Crippen molar-refractivity contribution in [2.45, 2.75) is 25.8 Å².